The van der Waals surface area contributed by atoms with Crippen molar-refractivity contribution in [1.82, 2.24) is 14.5 Å². The SMILES string of the molecule is Cn1cc(-c2ccc3c(c2)CCN3C(=O)Cc2ccccc2CN)c2c(N)ncnc21. The van der Waals surface area contributed by atoms with Gasteiger partial charge in [-0.3, -0.25) is 4.79 Å². The second-order valence-electron chi connectivity index (χ2n) is 7.90. The van der Waals surface area contributed by atoms with Crippen molar-refractivity contribution in [1.29, 1.82) is 0 Å². The van der Waals surface area contributed by atoms with Crippen molar-refractivity contribution >= 4 is 28.4 Å². The molecule has 1 aliphatic heterocycles. The fourth-order valence-electron chi connectivity index (χ4n) is 4.47. The van der Waals surface area contributed by atoms with Crippen molar-refractivity contribution in [2.45, 2.75) is 19.4 Å². The van der Waals surface area contributed by atoms with Crippen molar-refractivity contribution in [3.8, 4) is 11.1 Å². The summed E-state index contributed by atoms with van der Waals surface area (Å²) in [5, 5.41) is 0.856. The van der Waals surface area contributed by atoms with Crippen molar-refractivity contribution < 1.29 is 4.79 Å². The van der Waals surface area contributed by atoms with Crippen molar-refractivity contribution in [2.75, 3.05) is 17.2 Å². The standard InChI is InChI=1S/C24H24N6O/c1-29-13-19(22-23(26)27-14-28-24(22)29)16-6-7-20-17(10-16)8-9-30(20)21(31)11-15-4-2-3-5-18(15)12-25/h2-7,10,13-14H,8-9,11-12,25H2,1H3,(H2,26,27,28). The van der Waals surface area contributed by atoms with Crippen LogP contribution in [0.4, 0.5) is 11.5 Å². The van der Waals surface area contributed by atoms with Gasteiger partial charge in [-0.2, -0.15) is 0 Å². The number of nitrogens with zero attached hydrogens (tertiary/aromatic N) is 4. The van der Waals surface area contributed by atoms with Crippen LogP contribution in [0.2, 0.25) is 0 Å². The molecule has 2 aromatic carbocycles. The molecule has 3 heterocycles. The van der Waals surface area contributed by atoms with Crippen molar-refractivity contribution in [2.24, 2.45) is 12.8 Å². The number of amides is 1. The number of carbonyl (C=O) groups excluding carboxylic acids is 1. The third-order valence-electron chi connectivity index (χ3n) is 6.05. The van der Waals surface area contributed by atoms with Crippen LogP contribution in [0.25, 0.3) is 22.2 Å². The summed E-state index contributed by atoms with van der Waals surface area (Å²) >= 11 is 0. The van der Waals surface area contributed by atoms with E-state index in [0.29, 0.717) is 25.3 Å². The Morgan fingerprint density at radius 1 is 1.13 bits per heavy atom. The minimum Gasteiger partial charge on any atom is -0.383 e. The number of carbonyl (C=O) groups is 1. The molecule has 7 nitrogen and oxygen atoms in total. The van der Waals surface area contributed by atoms with Gasteiger partial charge in [0.25, 0.3) is 0 Å². The molecule has 0 bridgehead atoms. The molecule has 0 saturated heterocycles. The van der Waals surface area contributed by atoms with E-state index >= 15 is 0 Å². The van der Waals surface area contributed by atoms with E-state index in [2.05, 4.69) is 16.0 Å². The summed E-state index contributed by atoms with van der Waals surface area (Å²) in [6, 6.07) is 14.1. The van der Waals surface area contributed by atoms with Gasteiger partial charge in [-0.25, -0.2) is 9.97 Å². The first-order valence-corrected chi connectivity index (χ1v) is 10.3. The van der Waals surface area contributed by atoms with Crippen molar-refractivity contribution in [3.63, 3.8) is 0 Å². The van der Waals surface area contributed by atoms with Crippen LogP contribution in [0.1, 0.15) is 16.7 Å². The van der Waals surface area contributed by atoms with E-state index in [1.807, 2.05) is 59.1 Å². The molecule has 156 valence electrons. The van der Waals surface area contributed by atoms with Gasteiger partial charge in [-0.15, -0.1) is 0 Å². The van der Waals surface area contributed by atoms with Crippen LogP contribution in [0, 0.1) is 0 Å². The number of aryl methyl sites for hydroxylation is 1. The number of hydrogen-bond donors (Lipinski definition) is 2. The van der Waals surface area contributed by atoms with E-state index in [1.54, 1.807) is 0 Å². The molecule has 4 aromatic rings. The van der Waals surface area contributed by atoms with Gasteiger partial charge in [0.1, 0.15) is 17.8 Å². The number of nitrogen functional groups attached to an aromatic ring is 1. The molecule has 0 saturated carbocycles. The summed E-state index contributed by atoms with van der Waals surface area (Å²) in [6.45, 7) is 1.12. The van der Waals surface area contributed by atoms with Gasteiger partial charge in [0.05, 0.1) is 11.8 Å². The zero-order valence-corrected chi connectivity index (χ0v) is 17.4. The highest BCUT2D eigenvalue weighted by Gasteiger charge is 2.26. The molecular weight excluding hydrogens is 388 g/mol. The Hall–Kier alpha value is -3.71. The lowest BCUT2D eigenvalue weighted by atomic mass is 10.0. The predicted molar refractivity (Wildman–Crippen MR) is 122 cm³/mol. The molecule has 0 radical (unpaired) electrons. The van der Waals surface area contributed by atoms with Gasteiger partial charge in [0, 0.05) is 37.6 Å². The summed E-state index contributed by atoms with van der Waals surface area (Å²) in [7, 11) is 1.95. The van der Waals surface area contributed by atoms with Gasteiger partial charge in [-0.05, 0) is 40.8 Å². The minimum atomic E-state index is 0.0928. The minimum absolute atomic E-state index is 0.0928. The molecule has 0 spiro atoms. The fourth-order valence-corrected chi connectivity index (χ4v) is 4.47. The first-order chi connectivity index (χ1) is 15.1. The van der Waals surface area contributed by atoms with Crippen LogP contribution in [0.5, 0.6) is 0 Å². The zero-order valence-electron chi connectivity index (χ0n) is 17.4. The highest BCUT2D eigenvalue weighted by molar-refractivity contribution is 6.02. The smallest absolute Gasteiger partial charge is 0.231 e. The number of aromatic nitrogens is 3. The van der Waals surface area contributed by atoms with Crippen LogP contribution in [-0.2, 0) is 31.2 Å². The number of benzene rings is 2. The maximum Gasteiger partial charge on any atom is 0.231 e. The third kappa shape index (κ3) is 3.23. The molecule has 4 N–H and O–H groups in total. The average Bonchev–Trinajstić information content (AvgIpc) is 3.36. The van der Waals surface area contributed by atoms with E-state index in [4.69, 9.17) is 11.5 Å². The molecule has 7 heteroatoms. The lowest BCUT2D eigenvalue weighted by molar-refractivity contribution is -0.117. The number of hydrogen-bond acceptors (Lipinski definition) is 5. The van der Waals surface area contributed by atoms with Crippen LogP contribution in [0.3, 0.4) is 0 Å². The Kier molecular flexibility index (Phi) is 4.67. The molecule has 1 amide bonds. The molecular formula is C24H24N6O. The van der Waals surface area contributed by atoms with Crippen LogP contribution in [-0.4, -0.2) is 27.0 Å². The normalized spacial score (nSPS) is 13.0. The third-order valence-corrected chi connectivity index (χ3v) is 6.05. The largest absolute Gasteiger partial charge is 0.383 e. The first-order valence-electron chi connectivity index (χ1n) is 10.3. The quantitative estimate of drug-likeness (QED) is 0.536. The molecule has 31 heavy (non-hydrogen) atoms. The van der Waals surface area contributed by atoms with Gasteiger partial charge >= 0.3 is 0 Å². The number of rotatable bonds is 4. The predicted octanol–water partition coefficient (Wildman–Crippen LogP) is 2.81. The van der Waals surface area contributed by atoms with E-state index in [1.165, 1.54) is 6.33 Å². The maximum absolute atomic E-state index is 13.1. The highest BCUT2D eigenvalue weighted by atomic mass is 16.2. The van der Waals surface area contributed by atoms with E-state index in [0.717, 1.165) is 51.0 Å². The summed E-state index contributed by atoms with van der Waals surface area (Å²) < 4.78 is 1.96. The Bertz CT molecular complexity index is 1310. The molecule has 0 aliphatic carbocycles. The molecule has 0 atom stereocenters. The summed E-state index contributed by atoms with van der Waals surface area (Å²) in [5.41, 5.74) is 19.0. The molecule has 0 fully saturated rings. The topological polar surface area (TPSA) is 103 Å². The monoisotopic (exact) mass is 412 g/mol. The molecule has 1 aliphatic rings. The van der Waals surface area contributed by atoms with E-state index < -0.39 is 0 Å². The summed E-state index contributed by atoms with van der Waals surface area (Å²) in [4.78, 5) is 23.5. The van der Waals surface area contributed by atoms with Crippen molar-refractivity contribution in [3.05, 3.63) is 71.7 Å². The molecule has 0 unspecified atom stereocenters. The Morgan fingerprint density at radius 3 is 2.74 bits per heavy atom. The van der Waals surface area contributed by atoms with Gasteiger partial charge in [0.2, 0.25) is 5.91 Å². The Labute approximate surface area is 180 Å². The van der Waals surface area contributed by atoms with E-state index in [9.17, 15) is 4.79 Å². The highest BCUT2D eigenvalue weighted by Crippen LogP contribution is 2.37. The van der Waals surface area contributed by atoms with Gasteiger partial charge in [-0.1, -0.05) is 30.3 Å². The first kappa shape index (κ1) is 19.3. The maximum atomic E-state index is 13.1. The zero-order chi connectivity index (χ0) is 21.5. The summed E-state index contributed by atoms with van der Waals surface area (Å²) in [6.07, 6.45) is 4.69. The Morgan fingerprint density at radius 2 is 1.94 bits per heavy atom. The second kappa shape index (κ2) is 7.52. The molecule has 5 rings (SSSR count). The number of anilines is 2. The van der Waals surface area contributed by atoms with Gasteiger partial charge < -0.3 is 20.9 Å². The van der Waals surface area contributed by atoms with Crippen LogP contribution >= 0.6 is 0 Å². The lowest BCUT2D eigenvalue weighted by Gasteiger charge is -2.18. The van der Waals surface area contributed by atoms with Crippen LogP contribution < -0.4 is 16.4 Å². The van der Waals surface area contributed by atoms with E-state index in [-0.39, 0.29) is 5.91 Å². The number of fused-ring (bicyclic) bond motifs is 2. The summed E-state index contributed by atoms with van der Waals surface area (Å²) in [5.74, 6) is 0.562. The second-order valence-corrected chi connectivity index (χ2v) is 7.90. The van der Waals surface area contributed by atoms with Crippen LogP contribution in [0.15, 0.2) is 55.0 Å². The Balaban J connectivity index is 1.46. The lowest BCUT2D eigenvalue weighted by Crippen LogP contribution is -2.30. The molecule has 2 aromatic heterocycles. The number of nitrogens with two attached hydrogens (primary N) is 2. The average molecular weight is 412 g/mol. The fraction of sp³-hybridized carbons (Fsp3) is 0.208. The van der Waals surface area contributed by atoms with Gasteiger partial charge in [0.15, 0.2) is 0 Å².